The maximum atomic E-state index is 3.60. The van der Waals surface area contributed by atoms with E-state index in [-0.39, 0.29) is 0 Å². The highest BCUT2D eigenvalue weighted by molar-refractivity contribution is 4.93. The van der Waals surface area contributed by atoms with Crippen molar-refractivity contribution in [2.24, 2.45) is 11.3 Å². The minimum absolute atomic E-state index is 0.441. The molecule has 1 rings (SSSR count). The molecule has 1 aliphatic carbocycles. The number of nitrogens with zero attached hydrogens (tertiary/aromatic N) is 2. The fraction of sp³-hybridized carbons (Fsp3) is 1.00. The van der Waals surface area contributed by atoms with Crippen LogP contribution in [0.1, 0.15) is 53.4 Å². The molecule has 0 amide bonds. The van der Waals surface area contributed by atoms with Gasteiger partial charge >= 0.3 is 0 Å². The Morgan fingerprint density at radius 1 is 1.05 bits per heavy atom. The Morgan fingerprint density at radius 2 is 1.71 bits per heavy atom. The lowest BCUT2D eigenvalue weighted by atomic mass is 9.69. The average molecular weight is 298 g/mol. The van der Waals surface area contributed by atoms with Crippen LogP contribution in [0.15, 0.2) is 0 Å². The molecule has 126 valence electrons. The van der Waals surface area contributed by atoms with Crippen LogP contribution in [-0.2, 0) is 0 Å². The van der Waals surface area contributed by atoms with E-state index < -0.39 is 0 Å². The Bertz CT molecular complexity index is 283. The Kier molecular flexibility index (Phi) is 7.66. The summed E-state index contributed by atoms with van der Waals surface area (Å²) in [5.41, 5.74) is 0.441. The Morgan fingerprint density at radius 3 is 2.19 bits per heavy atom. The molecule has 1 N–H and O–H groups in total. The molecule has 0 aromatic rings. The Labute approximate surface area is 133 Å². The van der Waals surface area contributed by atoms with Crippen molar-refractivity contribution in [2.45, 2.75) is 65.5 Å². The normalized spacial score (nSPS) is 27.6. The summed E-state index contributed by atoms with van der Waals surface area (Å²) in [6.45, 7) is 13.1. The van der Waals surface area contributed by atoms with Gasteiger partial charge in [-0.3, -0.25) is 4.90 Å². The molecule has 0 bridgehead atoms. The molecule has 1 aliphatic rings. The van der Waals surface area contributed by atoms with Crippen LogP contribution in [0.3, 0.4) is 0 Å². The third-order valence-corrected chi connectivity index (χ3v) is 5.23. The molecule has 0 saturated heterocycles. The second-order valence-electron chi connectivity index (χ2n) is 8.18. The molecule has 3 atom stereocenters. The second-order valence-corrected chi connectivity index (χ2v) is 8.18. The molecule has 0 aliphatic heterocycles. The molecule has 3 nitrogen and oxygen atoms in total. The number of likely N-dealkylation sites (N-methyl/N-ethyl adjacent to an activating group) is 2. The first-order valence-electron chi connectivity index (χ1n) is 8.85. The van der Waals surface area contributed by atoms with Crippen LogP contribution >= 0.6 is 0 Å². The van der Waals surface area contributed by atoms with E-state index in [9.17, 15) is 0 Å². The molecule has 3 heteroatoms. The molecule has 0 aromatic heterocycles. The number of hydrogen-bond donors (Lipinski definition) is 1. The lowest BCUT2D eigenvalue weighted by Crippen LogP contribution is -2.55. The predicted molar refractivity (Wildman–Crippen MR) is 93.8 cm³/mol. The maximum absolute atomic E-state index is 3.60. The summed E-state index contributed by atoms with van der Waals surface area (Å²) in [7, 11) is 6.50. The van der Waals surface area contributed by atoms with Gasteiger partial charge in [-0.25, -0.2) is 0 Å². The first-order valence-corrected chi connectivity index (χ1v) is 8.85. The van der Waals surface area contributed by atoms with Gasteiger partial charge in [-0.2, -0.15) is 0 Å². The van der Waals surface area contributed by atoms with Gasteiger partial charge in [-0.15, -0.1) is 0 Å². The van der Waals surface area contributed by atoms with Crippen LogP contribution in [-0.4, -0.2) is 62.7 Å². The van der Waals surface area contributed by atoms with Crippen LogP contribution in [0.4, 0.5) is 0 Å². The number of hydrogen-bond acceptors (Lipinski definition) is 3. The van der Waals surface area contributed by atoms with E-state index in [2.05, 4.69) is 64.0 Å². The molecule has 0 aromatic carbocycles. The summed E-state index contributed by atoms with van der Waals surface area (Å²) in [6.07, 6.45) is 5.30. The summed E-state index contributed by atoms with van der Waals surface area (Å²) in [4.78, 5) is 5.06. The van der Waals surface area contributed by atoms with Crippen molar-refractivity contribution in [3.8, 4) is 0 Å². The number of rotatable bonds is 7. The molecule has 1 saturated carbocycles. The zero-order valence-corrected chi connectivity index (χ0v) is 15.6. The lowest BCUT2D eigenvalue weighted by Gasteiger charge is -2.46. The van der Waals surface area contributed by atoms with Gasteiger partial charge in [-0.1, -0.05) is 27.7 Å². The summed E-state index contributed by atoms with van der Waals surface area (Å²) < 4.78 is 0. The van der Waals surface area contributed by atoms with Gasteiger partial charge < -0.3 is 10.2 Å². The Hall–Kier alpha value is -0.120. The van der Waals surface area contributed by atoms with Gasteiger partial charge in [0.15, 0.2) is 0 Å². The van der Waals surface area contributed by atoms with Crippen molar-refractivity contribution in [2.75, 3.05) is 40.8 Å². The highest BCUT2D eigenvalue weighted by atomic mass is 15.2. The van der Waals surface area contributed by atoms with Crippen LogP contribution < -0.4 is 5.32 Å². The van der Waals surface area contributed by atoms with E-state index >= 15 is 0 Å². The number of nitrogens with one attached hydrogen (secondary N) is 1. The lowest BCUT2D eigenvalue weighted by molar-refractivity contribution is 0.0566. The smallest absolute Gasteiger partial charge is 0.0252 e. The van der Waals surface area contributed by atoms with Gasteiger partial charge in [-0.05, 0) is 64.7 Å². The van der Waals surface area contributed by atoms with Crippen molar-refractivity contribution in [3.63, 3.8) is 0 Å². The van der Waals surface area contributed by atoms with Crippen LogP contribution in [0, 0.1) is 11.3 Å². The van der Waals surface area contributed by atoms with Gasteiger partial charge in [0.05, 0.1) is 0 Å². The fourth-order valence-corrected chi connectivity index (χ4v) is 3.73. The van der Waals surface area contributed by atoms with Crippen molar-refractivity contribution in [1.82, 2.24) is 15.1 Å². The first kappa shape index (κ1) is 18.9. The third-order valence-electron chi connectivity index (χ3n) is 5.23. The molecule has 3 unspecified atom stereocenters. The van der Waals surface area contributed by atoms with Crippen molar-refractivity contribution < 1.29 is 0 Å². The van der Waals surface area contributed by atoms with Crippen LogP contribution in [0.5, 0.6) is 0 Å². The van der Waals surface area contributed by atoms with Crippen molar-refractivity contribution >= 4 is 0 Å². The molecule has 0 spiro atoms. The minimum Gasteiger partial charge on any atom is -0.315 e. The van der Waals surface area contributed by atoms with Crippen molar-refractivity contribution in [3.05, 3.63) is 0 Å². The van der Waals surface area contributed by atoms with E-state index in [0.29, 0.717) is 17.5 Å². The quantitative estimate of drug-likeness (QED) is 0.779. The zero-order valence-electron chi connectivity index (χ0n) is 15.6. The molecular formula is C18H39N3. The maximum Gasteiger partial charge on any atom is 0.0252 e. The predicted octanol–water partition coefficient (Wildman–Crippen LogP) is 3.06. The summed E-state index contributed by atoms with van der Waals surface area (Å²) in [5.74, 6) is 0.853. The van der Waals surface area contributed by atoms with Gasteiger partial charge in [0.1, 0.15) is 0 Å². The molecule has 1 fully saturated rings. The summed E-state index contributed by atoms with van der Waals surface area (Å²) in [5, 5.41) is 3.60. The second kappa shape index (κ2) is 8.50. The monoisotopic (exact) mass is 297 g/mol. The third kappa shape index (κ3) is 5.88. The first-order chi connectivity index (χ1) is 9.79. The van der Waals surface area contributed by atoms with Gasteiger partial charge in [0.2, 0.25) is 0 Å². The van der Waals surface area contributed by atoms with Crippen LogP contribution in [0.25, 0.3) is 0 Å². The Balaban J connectivity index is 2.78. The summed E-state index contributed by atoms with van der Waals surface area (Å²) >= 11 is 0. The minimum atomic E-state index is 0.441. The standard InChI is InChI=1S/C18H39N3/c1-8-11-21(13-12-20(6)7)17-14-15(18(2,3)4)9-10-16(17)19-5/h15-17,19H,8-14H2,1-7H3. The van der Waals surface area contributed by atoms with Gasteiger partial charge in [0.25, 0.3) is 0 Å². The highest BCUT2D eigenvalue weighted by Crippen LogP contribution is 2.39. The zero-order chi connectivity index (χ0) is 16.0. The topological polar surface area (TPSA) is 18.5 Å². The van der Waals surface area contributed by atoms with Crippen LogP contribution in [0.2, 0.25) is 0 Å². The molecule has 21 heavy (non-hydrogen) atoms. The largest absolute Gasteiger partial charge is 0.315 e. The highest BCUT2D eigenvalue weighted by Gasteiger charge is 2.37. The molecule has 0 heterocycles. The SMILES string of the molecule is CCCN(CCN(C)C)C1CC(C(C)(C)C)CCC1NC. The van der Waals surface area contributed by atoms with Gasteiger partial charge in [0, 0.05) is 25.2 Å². The van der Waals surface area contributed by atoms with E-state index in [1.54, 1.807) is 0 Å². The summed E-state index contributed by atoms with van der Waals surface area (Å²) in [6, 6.07) is 1.37. The fourth-order valence-electron chi connectivity index (χ4n) is 3.73. The van der Waals surface area contributed by atoms with E-state index in [0.717, 1.165) is 12.5 Å². The van der Waals surface area contributed by atoms with Crippen molar-refractivity contribution in [1.29, 1.82) is 0 Å². The van der Waals surface area contributed by atoms with E-state index in [4.69, 9.17) is 0 Å². The molecular weight excluding hydrogens is 258 g/mol. The van der Waals surface area contributed by atoms with E-state index in [1.165, 1.54) is 38.8 Å². The van der Waals surface area contributed by atoms with E-state index in [1.807, 2.05) is 0 Å². The average Bonchev–Trinajstić information content (AvgIpc) is 2.41. The molecule has 0 radical (unpaired) electrons.